The summed E-state index contributed by atoms with van der Waals surface area (Å²) in [6, 6.07) is 1.58. The zero-order valence-electron chi connectivity index (χ0n) is 14.2. The molecule has 0 aliphatic carbocycles. The van der Waals surface area contributed by atoms with E-state index in [0.29, 0.717) is 11.6 Å². The van der Waals surface area contributed by atoms with Gasteiger partial charge in [0.25, 0.3) is 16.8 Å². The number of hydrogen-bond acceptors (Lipinski definition) is 9. The Morgan fingerprint density at radius 3 is 2.77 bits per heavy atom. The van der Waals surface area contributed by atoms with Gasteiger partial charge in [0, 0.05) is 18.5 Å². The van der Waals surface area contributed by atoms with Crippen LogP contribution in [0.3, 0.4) is 0 Å². The van der Waals surface area contributed by atoms with Crippen LogP contribution in [0.2, 0.25) is 0 Å². The number of aryl methyl sites for hydroxylation is 1. The van der Waals surface area contributed by atoms with Gasteiger partial charge in [-0.3, -0.25) is 19.3 Å². The van der Waals surface area contributed by atoms with Gasteiger partial charge in [0.15, 0.2) is 17.3 Å². The molecule has 0 saturated carbocycles. The number of nitrogens with zero attached hydrogens (tertiary/aromatic N) is 2. The van der Waals surface area contributed by atoms with Gasteiger partial charge in [-0.2, -0.15) is 0 Å². The molecular formula is C16H15N3O6S. The standard InChI is InChI=1S/C16H15N3O6S/c1-4-24-14-10(12(21)13(14)22)17-8-6-26-15(11(8)20)16(23)19(3)9-5-7(2)25-18-9/h5-6,17,20H,4H2,1-3H3. The van der Waals surface area contributed by atoms with Crippen LogP contribution in [0.4, 0.5) is 17.2 Å². The third-order valence-electron chi connectivity index (χ3n) is 3.64. The second kappa shape index (κ2) is 6.64. The first kappa shape index (κ1) is 17.7. The fourth-order valence-corrected chi connectivity index (χ4v) is 3.13. The Morgan fingerprint density at radius 1 is 1.42 bits per heavy atom. The first-order valence-electron chi connectivity index (χ1n) is 7.60. The van der Waals surface area contributed by atoms with Gasteiger partial charge >= 0.3 is 0 Å². The summed E-state index contributed by atoms with van der Waals surface area (Å²) in [4.78, 5) is 37.0. The average molecular weight is 377 g/mol. The first-order chi connectivity index (χ1) is 12.3. The third-order valence-corrected chi connectivity index (χ3v) is 4.60. The molecule has 0 atom stereocenters. The predicted molar refractivity (Wildman–Crippen MR) is 95.8 cm³/mol. The van der Waals surface area contributed by atoms with Gasteiger partial charge in [-0.15, -0.1) is 11.3 Å². The maximum atomic E-state index is 12.6. The van der Waals surface area contributed by atoms with Crippen molar-refractivity contribution in [1.29, 1.82) is 0 Å². The molecule has 2 N–H and O–H groups in total. The first-order valence-corrected chi connectivity index (χ1v) is 8.48. The summed E-state index contributed by atoms with van der Waals surface area (Å²) in [5.41, 5.74) is -1.36. The molecule has 0 aliphatic rings. The van der Waals surface area contributed by atoms with E-state index in [-0.39, 0.29) is 34.4 Å². The molecule has 0 bridgehead atoms. The zero-order valence-corrected chi connectivity index (χ0v) is 15.0. The predicted octanol–water partition coefficient (Wildman–Crippen LogP) is 1.77. The number of carbonyl (C=O) groups is 1. The van der Waals surface area contributed by atoms with Crippen LogP contribution in [0.5, 0.6) is 11.5 Å². The summed E-state index contributed by atoms with van der Waals surface area (Å²) in [5.74, 6) is -0.0607. The fourth-order valence-electron chi connectivity index (χ4n) is 2.26. The number of ether oxygens (including phenoxy) is 1. The van der Waals surface area contributed by atoms with Gasteiger partial charge < -0.3 is 19.7 Å². The van der Waals surface area contributed by atoms with Crippen molar-refractivity contribution in [3.63, 3.8) is 0 Å². The maximum Gasteiger partial charge on any atom is 0.273 e. The Morgan fingerprint density at radius 2 is 2.15 bits per heavy atom. The largest absolute Gasteiger partial charge is 0.504 e. The van der Waals surface area contributed by atoms with E-state index in [9.17, 15) is 19.5 Å². The van der Waals surface area contributed by atoms with Gasteiger partial charge in [0.1, 0.15) is 16.3 Å². The van der Waals surface area contributed by atoms with Crippen LogP contribution < -0.4 is 25.8 Å². The van der Waals surface area contributed by atoms with Crippen LogP contribution in [0.15, 0.2) is 25.6 Å². The zero-order chi connectivity index (χ0) is 19.0. The number of hydrogen-bond donors (Lipinski definition) is 2. The van der Waals surface area contributed by atoms with Gasteiger partial charge in [-0.25, -0.2) is 0 Å². The van der Waals surface area contributed by atoms with Gasteiger partial charge in [0.2, 0.25) is 0 Å². The Balaban J connectivity index is 1.84. The number of aromatic hydroxyl groups is 1. The molecule has 1 aromatic carbocycles. The summed E-state index contributed by atoms with van der Waals surface area (Å²) in [6.07, 6.45) is 0. The summed E-state index contributed by atoms with van der Waals surface area (Å²) < 4.78 is 10.0. The molecule has 0 unspecified atom stereocenters. The van der Waals surface area contributed by atoms with Crippen molar-refractivity contribution in [2.24, 2.45) is 0 Å². The lowest BCUT2D eigenvalue weighted by Crippen LogP contribution is -2.35. The summed E-state index contributed by atoms with van der Waals surface area (Å²) in [7, 11) is 1.50. The van der Waals surface area contributed by atoms with E-state index < -0.39 is 16.8 Å². The number of anilines is 3. The van der Waals surface area contributed by atoms with Crippen LogP contribution in [-0.2, 0) is 0 Å². The lowest BCUT2D eigenvalue weighted by Gasteiger charge is -2.13. The lowest BCUT2D eigenvalue weighted by atomic mass is 10.2. The smallest absolute Gasteiger partial charge is 0.273 e. The Hall–Kier alpha value is -3.14. The van der Waals surface area contributed by atoms with E-state index in [4.69, 9.17) is 9.26 Å². The molecular weight excluding hydrogens is 362 g/mol. The Bertz CT molecular complexity index is 1040. The minimum atomic E-state index is -0.734. The molecule has 2 heterocycles. The molecule has 0 saturated heterocycles. The van der Waals surface area contributed by atoms with Gasteiger partial charge in [-0.05, 0) is 13.8 Å². The van der Waals surface area contributed by atoms with Crippen molar-refractivity contribution >= 4 is 34.4 Å². The van der Waals surface area contributed by atoms with Crippen molar-refractivity contribution in [2.75, 3.05) is 23.9 Å². The normalized spacial score (nSPS) is 10.9. The molecule has 0 radical (unpaired) electrons. The van der Waals surface area contributed by atoms with Crippen LogP contribution in [0, 0.1) is 6.92 Å². The monoisotopic (exact) mass is 377 g/mol. The van der Waals surface area contributed by atoms with Crippen molar-refractivity contribution in [3.8, 4) is 11.5 Å². The molecule has 26 heavy (non-hydrogen) atoms. The number of thiophene rings is 1. The number of aromatic nitrogens is 1. The highest BCUT2D eigenvalue weighted by Crippen LogP contribution is 2.38. The van der Waals surface area contributed by atoms with Crippen molar-refractivity contribution in [2.45, 2.75) is 13.8 Å². The number of nitrogens with one attached hydrogen (secondary N) is 1. The molecule has 0 spiro atoms. The van der Waals surface area contributed by atoms with Crippen LogP contribution >= 0.6 is 11.3 Å². The van der Waals surface area contributed by atoms with Crippen LogP contribution in [-0.4, -0.2) is 29.8 Å². The molecule has 0 aliphatic heterocycles. The highest BCUT2D eigenvalue weighted by Gasteiger charge is 2.27. The van der Waals surface area contributed by atoms with Crippen molar-refractivity contribution < 1.29 is 19.2 Å². The van der Waals surface area contributed by atoms with Crippen molar-refractivity contribution in [1.82, 2.24) is 5.16 Å². The minimum Gasteiger partial charge on any atom is -0.504 e. The van der Waals surface area contributed by atoms with E-state index in [2.05, 4.69) is 10.5 Å². The third kappa shape index (κ3) is 2.84. The summed E-state index contributed by atoms with van der Waals surface area (Å²) in [6.45, 7) is 3.60. The van der Waals surface area contributed by atoms with Gasteiger partial charge in [0.05, 0.1) is 12.3 Å². The maximum absolute atomic E-state index is 12.6. The molecule has 3 rings (SSSR count). The van der Waals surface area contributed by atoms with E-state index >= 15 is 0 Å². The second-order valence-corrected chi connectivity index (χ2v) is 6.29. The highest BCUT2D eigenvalue weighted by molar-refractivity contribution is 7.13. The Labute approximate surface area is 151 Å². The quantitative estimate of drug-likeness (QED) is 0.623. The SMILES string of the molecule is CCOc1c(Nc2csc(C(=O)N(C)c3cc(C)on3)c2O)c(=O)c1=O. The molecule has 136 valence electrons. The minimum absolute atomic E-state index is 0.0376. The molecule has 1 amide bonds. The van der Waals surface area contributed by atoms with Crippen LogP contribution in [0.1, 0.15) is 22.4 Å². The molecule has 10 heteroatoms. The van der Waals surface area contributed by atoms with E-state index in [1.54, 1.807) is 19.9 Å². The highest BCUT2D eigenvalue weighted by atomic mass is 32.1. The fraction of sp³-hybridized carbons (Fsp3) is 0.250. The second-order valence-electron chi connectivity index (χ2n) is 5.41. The number of rotatable bonds is 6. The Kier molecular flexibility index (Phi) is 4.51. The topological polar surface area (TPSA) is 122 Å². The summed E-state index contributed by atoms with van der Waals surface area (Å²) >= 11 is 0.986. The van der Waals surface area contributed by atoms with E-state index in [0.717, 1.165) is 11.3 Å². The number of carbonyl (C=O) groups excluding carboxylic acids is 1. The summed E-state index contributed by atoms with van der Waals surface area (Å²) in [5, 5.41) is 18.2. The van der Waals surface area contributed by atoms with Crippen molar-refractivity contribution in [3.05, 3.63) is 42.5 Å². The van der Waals surface area contributed by atoms with Crippen LogP contribution in [0.25, 0.3) is 0 Å². The van der Waals surface area contributed by atoms with E-state index in [1.807, 2.05) is 0 Å². The number of amides is 1. The molecule has 2 aromatic heterocycles. The lowest BCUT2D eigenvalue weighted by molar-refractivity contribution is 0.0993. The van der Waals surface area contributed by atoms with E-state index in [1.165, 1.54) is 17.3 Å². The average Bonchev–Trinajstić information content (AvgIpc) is 3.22. The molecule has 9 nitrogen and oxygen atoms in total. The molecule has 3 aromatic rings. The molecule has 0 fully saturated rings. The van der Waals surface area contributed by atoms with Gasteiger partial charge in [-0.1, -0.05) is 5.16 Å².